The van der Waals surface area contributed by atoms with E-state index in [4.69, 9.17) is 16.3 Å². The van der Waals surface area contributed by atoms with Crippen molar-refractivity contribution >= 4 is 22.6 Å². The first-order chi connectivity index (χ1) is 10.2. The fraction of sp³-hybridized carbons (Fsp3) is 0.250. The molecule has 0 fully saturated rings. The molecular formula is C16H16ClN3O. The summed E-state index contributed by atoms with van der Waals surface area (Å²) < 4.78 is 7.40. The molecule has 0 spiro atoms. The van der Waals surface area contributed by atoms with Gasteiger partial charge < -0.3 is 9.30 Å². The van der Waals surface area contributed by atoms with Gasteiger partial charge in [0.1, 0.15) is 11.6 Å². The molecule has 3 aromatic rings. The van der Waals surface area contributed by atoms with E-state index in [1.807, 2.05) is 43.3 Å². The highest BCUT2D eigenvalue weighted by atomic mass is 35.5. The number of pyridine rings is 1. The highest BCUT2D eigenvalue weighted by Gasteiger charge is 2.16. The molecule has 0 aliphatic carbocycles. The molecule has 4 nitrogen and oxygen atoms in total. The largest absolute Gasteiger partial charge is 0.497 e. The van der Waals surface area contributed by atoms with Gasteiger partial charge in [-0.15, -0.1) is 11.6 Å². The van der Waals surface area contributed by atoms with E-state index in [0.717, 1.165) is 28.3 Å². The lowest BCUT2D eigenvalue weighted by atomic mass is 10.3. The van der Waals surface area contributed by atoms with Gasteiger partial charge in [0.25, 0.3) is 0 Å². The lowest BCUT2D eigenvalue weighted by molar-refractivity contribution is 0.415. The van der Waals surface area contributed by atoms with Gasteiger partial charge in [0, 0.05) is 12.3 Å². The molecule has 0 bridgehead atoms. The Morgan fingerprint density at radius 1 is 1.29 bits per heavy atom. The molecule has 0 saturated carbocycles. The minimum absolute atomic E-state index is 0.174. The number of hydrogen-bond acceptors (Lipinski definition) is 3. The summed E-state index contributed by atoms with van der Waals surface area (Å²) in [5, 5.41) is -0.174. The Bertz CT molecular complexity index is 753. The molecule has 1 atom stereocenters. The molecule has 0 amide bonds. The van der Waals surface area contributed by atoms with Crippen molar-refractivity contribution < 1.29 is 4.74 Å². The second kappa shape index (κ2) is 5.74. The van der Waals surface area contributed by atoms with Crippen molar-refractivity contribution in [3.63, 3.8) is 0 Å². The fourth-order valence-corrected chi connectivity index (χ4v) is 2.54. The van der Waals surface area contributed by atoms with Crippen LogP contribution >= 0.6 is 11.6 Å². The van der Waals surface area contributed by atoms with Crippen LogP contribution in [0.1, 0.15) is 23.8 Å². The molecule has 0 saturated heterocycles. The molecule has 21 heavy (non-hydrogen) atoms. The SMILES string of the molecule is COc1ccc2nc(C(C)Cl)n(Cc3ccccn3)c2c1. The standard InChI is InChI=1S/C16H16ClN3O/c1-11(17)16-19-14-7-6-13(21-2)9-15(14)20(16)10-12-5-3-4-8-18-12/h3-9,11H,10H2,1-2H3. The molecule has 3 rings (SSSR count). The average molecular weight is 302 g/mol. The number of rotatable bonds is 4. The van der Waals surface area contributed by atoms with E-state index in [-0.39, 0.29) is 5.38 Å². The number of alkyl halides is 1. The van der Waals surface area contributed by atoms with E-state index in [1.54, 1.807) is 13.3 Å². The Labute approximate surface area is 128 Å². The lowest BCUT2D eigenvalue weighted by Crippen LogP contribution is -2.07. The minimum atomic E-state index is -0.174. The van der Waals surface area contributed by atoms with Crippen LogP contribution in [0.5, 0.6) is 5.75 Å². The van der Waals surface area contributed by atoms with E-state index in [0.29, 0.717) is 6.54 Å². The third-order valence-corrected chi connectivity index (χ3v) is 3.58. The number of benzene rings is 1. The summed E-state index contributed by atoms with van der Waals surface area (Å²) in [4.78, 5) is 9.01. The van der Waals surface area contributed by atoms with Crippen molar-refractivity contribution in [2.75, 3.05) is 7.11 Å². The van der Waals surface area contributed by atoms with Gasteiger partial charge in [-0.05, 0) is 31.2 Å². The summed E-state index contributed by atoms with van der Waals surface area (Å²) in [7, 11) is 1.66. The Balaban J connectivity index is 2.14. The van der Waals surface area contributed by atoms with Gasteiger partial charge in [-0.3, -0.25) is 4.98 Å². The molecule has 0 radical (unpaired) electrons. The maximum Gasteiger partial charge on any atom is 0.128 e. The van der Waals surface area contributed by atoms with Crippen LogP contribution in [-0.4, -0.2) is 21.6 Å². The second-order valence-electron chi connectivity index (χ2n) is 4.85. The van der Waals surface area contributed by atoms with Gasteiger partial charge in [0.15, 0.2) is 0 Å². The van der Waals surface area contributed by atoms with E-state index in [1.165, 1.54) is 0 Å². The number of imidazole rings is 1. The van der Waals surface area contributed by atoms with Crippen molar-refractivity contribution in [1.29, 1.82) is 0 Å². The first-order valence-corrected chi connectivity index (χ1v) is 7.21. The predicted molar refractivity (Wildman–Crippen MR) is 83.9 cm³/mol. The van der Waals surface area contributed by atoms with Crippen LogP contribution in [0, 0.1) is 0 Å². The molecule has 1 unspecified atom stereocenters. The normalized spacial score (nSPS) is 12.5. The van der Waals surface area contributed by atoms with Crippen LogP contribution in [0.4, 0.5) is 0 Å². The highest BCUT2D eigenvalue weighted by molar-refractivity contribution is 6.20. The molecule has 2 aromatic heterocycles. The number of methoxy groups -OCH3 is 1. The van der Waals surface area contributed by atoms with Crippen LogP contribution in [0.2, 0.25) is 0 Å². The van der Waals surface area contributed by atoms with Gasteiger partial charge in [-0.2, -0.15) is 0 Å². The molecule has 108 valence electrons. The van der Waals surface area contributed by atoms with Gasteiger partial charge in [-0.1, -0.05) is 6.07 Å². The summed E-state index contributed by atoms with van der Waals surface area (Å²) in [6, 6.07) is 11.7. The Hall–Kier alpha value is -2.07. The Morgan fingerprint density at radius 2 is 2.14 bits per heavy atom. The third kappa shape index (κ3) is 2.72. The number of fused-ring (bicyclic) bond motifs is 1. The van der Waals surface area contributed by atoms with Crippen molar-refractivity contribution in [3.8, 4) is 5.75 Å². The molecule has 0 aliphatic heterocycles. The van der Waals surface area contributed by atoms with Gasteiger partial charge in [0.2, 0.25) is 0 Å². The Morgan fingerprint density at radius 3 is 2.81 bits per heavy atom. The maximum absolute atomic E-state index is 6.28. The maximum atomic E-state index is 6.28. The van der Waals surface area contributed by atoms with Crippen molar-refractivity contribution in [3.05, 3.63) is 54.1 Å². The van der Waals surface area contributed by atoms with Crippen molar-refractivity contribution in [1.82, 2.24) is 14.5 Å². The summed E-state index contributed by atoms with van der Waals surface area (Å²) in [5.74, 6) is 1.64. The number of nitrogens with zero attached hydrogens (tertiary/aromatic N) is 3. The quantitative estimate of drug-likeness (QED) is 0.688. The van der Waals surface area contributed by atoms with Crippen LogP contribution in [-0.2, 0) is 6.54 Å². The van der Waals surface area contributed by atoms with Gasteiger partial charge in [-0.25, -0.2) is 4.98 Å². The number of ether oxygens (including phenoxy) is 1. The first-order valence-electron chi connectivity index (χ1n) is 6.77. The zero-order chi connectivity index (χ0) is 14.8. The summed E-state index contributed by atoms with van der Waals surface area (Å²) in [6.07, 6.45) is 1.79. The van der Waals surface area contributed by atoms with Crippen molar-refractivity contribution in [2.24, 2.45) is 0 Å². The topological polar surface area (TPSA) is 39.9 Å². The van der Waals surface area contributed by atoms with Crippen LogP contribution in [0.25, 0.3) is 11.0 Å². The van der Waals surface area contributed by atoms with Gasteiger partial charge in [0.05, 0.1) is 35.8 Å². The van der Waals surface area contributed by atoms with Crippen LogP contribution < -0.4 is 4.74 Å². The van der Waals surface area contributed by atoms with E-state index in [9.17, 15) is 0 Å². The number of halogens is 1. The smallest absolute Gasteiger partial charge is 0.128 e. The number of aromatic nitrogens is 3. The zero-order valence-electron chi connectivity index (χ0n) is 12.0. The molecule has 2 heterocycles. The summed E-state index contributed by atoms with van der Waals surface area (Å²) in [6.45, 7) is 2.56. The molecule has 0 aliphatic rings. The van der Waals surface area contributed by atoms with E-state index < -0.39 is 0 Å². The number of hydrogen-bond donors (Lipinski definition) is 0. The monoisotopic (exact) mass is 301 g/mol. The first kappa shape index (κ1) is 13.9. The van der Waals surface area contributed by atoms with E-state index >= 15 is 0 Å². The van der Waals surface area contributed by atoms with Crippen LogP contribution in [0.15, 0.2) is 42.6 Å². The predicted octanol–water partition coefficient (Wildman–Crippen LogP) is 3.79. The molecule has 1 aromatic carbocycles. The van der Waals surface area contributed by atoms with Crippen LogP contribution in [0.3, 0.4) is 0 Å². The summed E-state index contributed by atoms with van der Waals surface area (Å²) >= 11 is 6.28. The molecular weight excluding hydrogens is 286 g/mol. The zero-order valence-corrected chi connectivity index (χ0v) is 12.7. The summed E-state index contributed by atoms with van der Waals surface area (Å²) in [5.41, 5.74) is 2.88. The highest BCUT2D eigenvalue weighted by Crippen LogP contribution is 2.27. The Kier molecular flexibility index (Phi) is 3.80. The fourth-order valence-electron chi connectivity index (χ4n) is 2.37. The lowest BCUT2D eigenvalue weighted by Gasteiger charge is -2.10. The third-order valence-electron chi connectivity index (χ3n) is 3.39. The van der Waals surface area contributed by atoms with E-state index in [2.05, 4.69) is 14.5 Å². The molecule has 0 N–H and O–H groups in total. The van der Waals surface area contributed by atoms with Crippen molar-refractivity contribution in [2.45, 2.75) is 18.8 Å². The minimum Gasteiger partial charge on any atom is -0.497 e. The average Bonchev–Trinajstić information content (AvgIpc) is 2.86. The molecule has 5 heteroatoms. The second-order valence-corrected chi connectivity index (χ2v) is 5.50. The van der Waals surface area contributed by atoms with Gasteiger partial charge >= 0.3 is 0 Å².